The van der Waals surface area contributed by atoms with E-state index >= 15 is 0 Å². The minimum absolute atomic E-state index is 0.110. The molecule has 1 fully saturated rings. The van der Waals surface area contributed by atoms with E-state index in [0.717, 1.165) is 43.1 Å². The Morgan fingerprint density at radius 3 is 2.74 bits per heavy atom. The molecule has 0 radical (unpaired) electrons. The molecule has 27 heavy (non-hydrogen) atoms. The molecule has 3 aromatic heterocycles. The lowest BCUT2D eigenvalue weighted by Gasteiger charge is -2.35. The second-order valence-corrected chi connectivity index (χ2v) is 7.26. The molecule has 0 aromatic carbocycles. The summed E-state index contributed by atoms with van der Waals surface area (Å²) in [6.07, 6.45) is 8.48. The molecule has 1 saturated heterocycles. The van der Waals surface area contributed by atoms with Crippen LogP contribution < -0.4 is 4.90 Å². The smallest absolute Gasteiger partial charge is 0.174 e. The molecule has 0 bridgehead atoms. The fraction of sp³-hybridized carbons (Fsp3) is 0.474. The van der Waals surface area contributed by atoms with Gasteiger partial charge in [0.1, 0.15) is 17.7 Å². The zero-order valence-corrected chi connectivity index (χ0v) is 15.9. The molecule has 2 atom stereocenters. The largest absolute Gasteiger partial charge is 0.385 e. The molecule has 3 aromatic rings. The maximum atomic E-state index is 10.8. The Kier molecular flexibility index (Phi) is 4.65. The minimum Gasteiger partial charge on any atom is -0.385 e. The fourth-order valence-corrected chi connectivity index (χ4v) is 3.81. The summed E-state index contributed by atoms with van der Waals surface area (Å²) >= 11 is 0. The van der Waals surface area contributed by atoms with E-state index in [4.69, 9.17) is 4.98 Å². The van der Waals surface area contributed by atoms with Crippen LogP contribution in [0.3, 0.4) is 0 Å². The molecule has 1 N–H and O–H groups in total. The van der Waals surface area contributed by atoms with Crippen LogP contribution in [0.5, 0.6) is 0 Å². The van der Waals surface area contributed by atoms with Crippen LogP contribution in [-0.2, 0) is 7.05 Å². The first-order valence-corrected chi connectivity index (χ1v) is 9.29. The number of nitrogens with zero attached hydrogens (tertiary/aromatic N) is 7. The van der Waals surface area contributed by atoms with Gasteiger partial charge >= 0.3 is 0 Å². The molecule has 1 aliphatic heterocycles. The number of hydrogen-bond acceptors (Lipinski definition) is 6. The summed E-state index contributed by atoms with van der Waals surface area (Å²) in [6, 6.07) is 2.02. The van der Waals surface area contributed by atoms with E-state index in [1.54, 1.807) is 18.6 Å². The average Bonchev–Trinajstić information content (AvgIpc) is 3.26. The molecule has 8 nitrogen and oxygen atoms in total. The van der Waals surface area contributed by atoms with Crippen molar-refractivity contribution in [3.05, 3.63) is 48.1 Å². The number of aromatic nitrogens is 6. The van der Waals surface area contributed by atoms with Crippen molar-refractivity contribution in [3.8, 4) is 5.82 Å². The van der Waals surface area contributed by atoms with Crippen molar-refractivity contribution in [1.82, 2.24) is 29.3 Å². The summed E-state index contributed by atoms with van der Waals surface area (Å²) in [5.74, 6) is 2.35. The number of anilines is 1. The van der Waals surface area contributed by atoms with E-state index in [1.807, 2.05) is 42.4 Å². The van der Waals surface area contributed by atoms with Gasteiger partial charge in [-0.3, -0.25) is 4.98 Å². The molecule has 0 saturated carbocycles. The van der Waals surface area contributed by atoms with Crippen LogP contribution in [0.25, 0.3) is 5.82 Å². The number of aliphatic hydroxyl groups excluding tert-OH is 1. The van der Waals surface area contributed by atoms with E-state index in [1.165, 1.54) is 0 Å². The molecule has 1 aliphatic rings. The molecule has 0 spiro atoms. The minimum atomic E-state index is -0.583. The quantitative estimate of drug-likeness (QED) is 0.759. The zero-order valence-electron chi connectivity index (χ0n) is 15.9. The van der Waals surface area contributed by atoms with Gasteiger partial charge in [-0.15, -0.1) is 0 Å². The van der Waals surface area contributed by atoms with Gasteiger partial charge in [-0.2, -0.15) is 5.10 Å². The molecule has 142 valence electrons. The van der Waals surface area contributed by atoms with Crippen LogP contribution in [0.15, 0.2) is 30.9 Å². The average molecular weight is 367 g/mol. The van der Waals surface area contributed by atoms with Crippen molar-refractivity contribution in [2.45, 2.75) is 32.8 Å². The lowest BCUT2D eigenvalue weighted by Crippen LogP contribution is -2.39. The van der Waals surface area contributed by atoms with Crippen LogP contribution in [0.4, 0.5) is 5.82 Å². The van der Waals surface area contributed by atoms with Gasteiger partial charge in [0.15, 0.2) is 5.82 Å². The Bertz CT molecular complexity index is 932. The highest BCUT2D eigenvalue weighted by molar-refractivity contribution is 5.40. The molecule has 4 heterocycles. The monoisotopic (exact) mass is 367 g/mol. The standard InChI is InChI=1S/C19H25N7O/c1-13-9-14(2)26(23-13)17-11-20-10-16(22-17)25-7-4-5-15(12-25)18(27)19-21-6-8-24(19)3/h6,8-11,15,18,27H,4-5,7,12H2,1-3H3. The van der Waals surface area contributed by atoms with Crippen LogP contribution in [-0.4, -0.2) is 47.5 Å². The predicted octanol–water partition coefficient (Wildman–Crippen LogP) is 1.96. The van der Waals surface area contributed by atoms with E-state index in [0.29, 0.717) is 11.6 Å². The summed E-state index contributed by atoms with van der Waals surface area (Å²) in [6.45, 7) is 5.60. The van der Waals surface area contributed by atoms with Crippen molar-refractivity contribution >= 4 is 5.82 Å². The molecule has 0 amide bonds. The highest BCUT2D eigenvalue weighted by Gasteiger charge is 2.30. The third kappa shape index (κ3) is 3.44. The third-order valence-corrected chi connectivity index (χ3v) is 5.19. The normalized spacial score (nSPS) is 18.7. The van der Waals surface area contributed by atoms with Gasteiger partial charge in [0.05, 0.1) is 18.1 Å². The third-order valence-electron chi connectivity index (χ3n) is 5.19. The number of imidazole rings is 1. The van der Waals surface area contributed by atoms with Gasteiger partial charge in [-0.1, -0.05) is 0 Å². The van der Waals surface area contributed by atoms with E-state index in [9.17, 15) is 5.11 Å². The van der Waals surface area contributed by atoms with Crippen LogP contribution in [0.2, 0.25) is 0 Å². The lowest BCUT2D eigenvalue weighted by atomic mass is 9.92. The van der Waals surface area contributed by atoms with E-state index in [-0.39, 0.29) is 5.92 Å². The van der Waals surface area contributed by atoms with Gasteiger partial charge in [0.25, 0.3) is 0 Å². The van der Waals surface area contributed by atoms with Gasteiger partial charge in [-0.25, -0.2) is 14.6 Å². The van der Waals surface area contributed by atoms with E-state index < -0.39 is 6.10 Å². The molecule has 8 heteroatoms. The van der Waals surface area contributed by atoms with Gasteiger partial charge in [0.2, 0.25) is 0 Å². The number of hydrogen-bond donors (Lipinski definition) is 1. The Balaban J connectivity index is 1.56. The fourth-order valence-electron chi connectivity index (χ4n) is 3.81. The lowest BCUT2D eigenvalue weighted by molar-refractivity contribution is 0.0873. The number of piperidine rings is 1. The Labute approximate surface area is 158 Å². The van der Waals surface area contributed by atoms with Crippen LogP contribution in [0, 0.1) is 19.8 Å². The maximum Gasteiger partial charge on any atom is 0.174 e. The van der Waals surface area contributed by atoms with Crippen molar-refractivity contribution in [2.24, 2.45) is 13.0 Å². The number of aliphatic hydroxyl groups is 1. The molecular formula is C19H25N7O. The Hall–Kier alpha value is -2.74. The summed E-state index contributed by atoms with van der Waals surface area (Å²) in [5, 5.41) is 15.3. The van der Waals surface area contributed by atoms with Crippen LogP contribution >= 0.6 is 0 Å². The van der Waals surface area contributed by atoms with E-state index in [2.05, 4.69) is 20.0 Å². The zero-order chi connectivity index (χ0) is 19.0. The van der Waals surface area contributed by atoms with Crippen LogP contribution in [0.1, 0.15) is 36.2 Å². The molecular weight excluding hydrogens is 342 g/mol. The first-order chi connectivity index (χ1) is 13.0. The Morgan fingerprint density at radius 2 is 2.04 bits per heavy atom. The Morgan fingerprint density at radius 1 is 1.22 bits per heavy atom. The first-order valence-electron chi connectivity index (χ1n) is 9.29. The highest BCUT2D eigenvalue weighted by Crippen LogP contribution is 2.30. The van der Waals surface area contributed by atoms with Crippen molar-refractivity contribution in [1.29, 1.82) is 0 Å². The van der Waals surface area contributed by atoms with Gasteiger partial charge in [-0.05, 0) is 32.8 Å². The highest BCUT2D eigenvalue weighted by atomic mass is 16.3. The SMILES string of the molecule is Cc1cc(C)n(-c2cncc(N3CCCC(C(O)c4nccn4C)C3)n2)n1. The maximum absolute atomic E-state index is 10.8. The summed E-state index contributed by atoms with van der Waals surface area (Å²) in [7, 11) is 1.91. The first kappa shape index (κ1) is 17.7. The topological polar surface area (TPSA) is 84.9 Å². The molecule has 0 aliphatic carbocycles. The van der Waals surface area contributed by atoms with Crippen molar-refractivity contribution in [2.75, 3.05) is 18.0 Å². The summed E-state index contributed by atoms with van der Waals surface area (Å²) in [5.41, 5.74) is 1.98. The number of aryl methyl sites for hydroxylation is 3. The van der Waals surface area contributed by atoms with Crippen molar-refractivity contribution in [3.63, 3.8) is 0 Å². The molecule has 4 rings (SSSR count). The second kappa shape index (κ2) is 7.11. The predicted molar refractivity (Wildman–Crippen MR) is 102 cm³/mol. The second-order valence-electron chi connectivity index (χ2n) is 7.26. The van der Waals surface area contributed by atoms with Crippen molar-refractivity contribution < 1.29 is 5.11 Å². The molecule has 2 unspecified atom stereocenters. The summed E-state index contributed by atoms with van der Waals surface area (Å²) in [4.78, 5) is 15.7. The summed E-state index contributed by atoms with van der Waals surface area (Å²) < 4.78 is 3.70. The number of rotatable bonds is 4. The van der Waals surface area contributed by atoms with Gasteiger partial charge < -0.3 is 14.6 Å². The van der Waals surface area contributed by atoms with Gasteiger partial charge in [0, 0.05) is 44.1 Å².